The number of hydrogen-bond donors (Lipinski definition) is 0. The van der Waals surface area contributed by atoms with Crippen molar-refractivity contribution in [1.29, 1.82) is 0 Å². The second-order valence-corrected chi connectivity index (χ2v) is 5.31. The van der Waals surface area contributed by atoms with Crippen LogP contribution in [0, 0.1) is 0 Å². The van der Waals surface area contributed by atoms with Crippen molar-refractivity contribution in [1.82, 2.24) is 0 Å². The van der Waals surface area contributed by atoms with Gasteiger partial charge in [0.1, 0.15) is 0 Å². The topological polar surface area (TPSA) is 9.23 Å². The van der Waals surface area contributed by atoms with Crippen molar-refractivity contribution in [2.45, 2.75) is 24.5 Å². The van der Waals surface area contributed by atoms with Gasteiger partial charge in [-0.2, -0.15) is 0 Å². The molecule has 0 spiro atoms. The summed E-state index contributed by atoms with van der Waals surface area (Å²) >= 11 is 0. The molecule has 2 aromatic carbocycles. The van der Waals surface area contributed by atoms with Crippen LogP contribution in [0.2, 0.25) is 0 Å². The molecule has 0 aromatic heterocycles. The fraction of sp³-hybridized carbons (Fsp3) is 0.294. The van der Waals surface area contributed by atoms with E-state index in [1.807, 2.05) is 7.11 Å². The van der Waals surface area contributed by atoms with Gasteiger partial charge in [-0.25, -0.2) is 0 Å². The molecule has 0 amide bonds. The summed E-state index contributed by atoms with van der Waals surface area (Å²) < 4.78 is 5.85. The van der Waals surface area contributed by atoms with Gasteiger partial charge in [0.05, 0.1) is 0 Å². The van der Waals surface area contributed by atoms with Crippen LogP contribution in [0.4, 0.5) is 0 Å². The van der Waals surface area contributed by atoms with Gasteiger partial charge in [-0.3, -0.25) is 0 Å². The van der Waals surface area contributed by atoms with E-state index in [1.54, 1.807) is 0 Å². The lowest BCUT2D eigenvalue weighted by atomic mass is 9.49. The molecule has 0 saturated carbocycles. The Kier molecular flexibility index (Phi) is 3.70. The fourth-order valence-electron chi connectivity index (χ4n) is 3.41. The van der Waals surface area contributed by atoms with Crippen LogP contribution in [0.25, 0.3) is 0 Å². The van der Waals surface area contributed by atoms with Gasteiger partial charge in [0.2, 0.25) is 0 Å². The summed E-state index contributed by atoms with van der Waals surface area (Å²) in [6, 6.07) is 21.6. The van der Waals surface area contributed by atoms with Crippen molar-refractivity contribution < 1.29 is 4.65 Å². The normalized spacial score (nSPS) is 22.7. The van der Waals surface area contributed by atoms with Gasteiger partial charge in [0, 0.05) is 7.11 Å². The second kappa shape index (κ2) is 5.62. The molecule has 1 nitrogen and oxygen atoms in total. The summed E-state index contributed by atoms with van der Waals surface area (Å²) in [7, 11) is 1.85. The van der Waals surface area contributed by atoms with E-state index in [2.05, 4.69) is 60.7 Å². The van der Waals surface area contributed by atoms with E-state index < -0.39 is 0 Å². The Morgan fingerprint density at radius 2 is 1.21 bits per heavy atom. The lowest BCUT2D eigenvalue weighted by Crippen LogP contribution is -2.27. The molecule has 1 aliphatic rings. The van der Waals surface area contributed by atoms with Crippen LogP contribution in [0.3, 0.4) is 0 Å². The molecule has 1 aliphatic heterocycles. The number of hydrogen-bond acceptors (Lipinski definition) is 1. The third kappa shape index (κ3) is 2.45. The minimum Gasteiger partial charge on any atom is -0.437 e. The Labute approximate surface area is 115 Å². The largest absolute Gasteiger partial charge is 0.437 e. The first kappa shape index (κ1) is 12.5. The molecule has 2 heteroatoms. The zero-order chi connectivity index (χ0) is 13.1. The highest BCUT2D eigenvalue weighted by Crippen LogP contribution is 2.42. The van der Waals surface area contributed by atoms with E-state index in [9.17, 15) is 0 Å². The standard InChI is InChI=1S/C17H19BO/c1-19-18-16(14-8-4-2-5-9-14)12-13-17(18)15-10-6-3-7-11-15/h2-11,16-17H,12-13H2,1H3/t16-,17-/m1/s1. The van der Waals surface area contributed by atoms with Crippen LogP contribution in [0.5, 0.6) is 0 Å². The van der Waals surface area contributed by atoms with Crippen LogP contribution < -0.4 is 0 Å². The van der Waals surface area contributed by atoms with E-state index in [4.69, 9.17) is 4.65 Å². The second-order valence-electron chi connectivity index (χ2n) is 5.31. The van der Waals surface area contributed by atoms with Crippen molar-refractivity contribution in [3.05, 3.63) is 71.8 Å². The predicted molar refractivity (Wildman–Crippen MR) is 80.4 cm³/mol. The molecule has 1 saturated heterocycles. The molecular weight excluding hydrogens is 231 g/mol. The number of benzene rings is 2. The molecule has 2 atom stereocenters. The van der Waals surface area contributed by atoms with Gasteiger partial charge in [0.25, 0.3) is 0 Å². The Balaban J connectivity index is 1.87. The zero-order valence-corrected chi connectivity index (χ0v) is 11.3. The van der Waals surface area contributed by atoms with E-state index in [0.29, 0.717) is 18.6 Å². The van der Waals surface area contributed by atoms with Crippen LogP contribution in [0.1, 0.15) is 35.6 Å². The summed E-state index contributed by atoms with van der Waals surface area (Å²) in [4.78, 5) is 0. The quantitative estimate of drug-likeness (QED) is 0.746. The number of rotatable bonds is 3. The molecule has 1 heterocycles. The third-order valence-corrected chi connectivity index (χ3v) is 4.31. The molecule has 0 aliphatic carbocycles. The van der Waals surface area contributed by atoms with Crippen molar-refractivity contribution in [3.8, 4) is 0 Å². The summed E-state index contributed by atoms with van der Waals surface area (Å²) in [5.41, 5.74) is 2.82. The fourth-order valence-corrected chi connectivity index (χ4v) is 3.41. The highest BCUT2D eigenvalue weighted by Gasteiger charge is 2.42. The molecule has 0 bridgehead atoms. The zero-order valence-electron chi connectivity index (χ0n) is 11.3. The minimum atomic E-state index is 0.296. The maximum Gasteiger partial charge on any atom is 0.307 e. The first-order valence-corrected chi connectivity index (χ1v) is 7.03. The SMILES string of the molecule is COB1[C@@H](c2ccccc2)CC[C@@H]1c1ccccc1. The molecule has 3 rings (SSSR count). The first-order valence-electron chi connectivity index (χ1n) is 7.03. The van der Waals surface area contributed by atoms with Crippen LogP contribution in [0.15, 0.2) is 60.7 Å². The smallest absolute Gasteiger partial charge is 0.307 e. The Bertz CT molecular complexity index is 464. The van der Waals surface area contributed by atoms with Crippen molar-refractivity contribution >= 4 is 6.92 Å². The highest BCUT2D eigenvalue weighted by atomic mass is 16.4. The van der Waals surface area contributed by atoms with Gasteiger partial charge in [-0.05, 0) is 22.8 Å². The summed E-state index contributed by atoms with van der Waals surface area (Å²) in [5.74, 6) is 1.05. The first-order chi connectivity index (χ1) is 9.40. The third-order valence-electron chi connectivity index (χ3n) is 4.31. The average Bonchev–Trinajstić information content (AvgIpc) is 2.93. The summed E-state index contributed by atoms with van der Waals surface area (Å²) in [6.45, 7) is 0.296. The predicted octanol–water partition coefficient (Wildman–Crippen LogP) is 4.06. The van der Waals surface area contributed by atoms with Crippen LogP contribution in [-0.4, -0.2) is 14.0 Å². The van der Waals surface area contributed by atoms with E-state index in [-0.39, 0.29) is 0 Å². The Morgan fingerprint density at radius 3 is 1.58 bits per heavy atom. The molecule has 0 unspecified atom stereocenters. The molecule has 0 radical (unpaired) electrons. The highest BCUT2D eigenvalue weighted by molar-refractivity contribution is 6.56. The van der Waals surface area contributed by atoms with E-state index in [0.717, 1.165) is 0 Å². The van der Waals surface area contributed by atoms with E-state index >= 15 is 0 Å². The van der Waals surface area contributed by atoms with Gasteiger partial charge in [-0.15, -0.1) is 0 Å². The summed E-state index contributed by atoms with van der Waals surface area (Å²) in [5, 5.41) is 0. The van der Waals surface area contributed by atoms with Crippen molar-refractivity contribution in [2.24, 2.45) is 0 Å². The van der Waals surface area contributed by atoms with Gasteiger partial charge in [0.15, 0.2) is 0 Å². The molecule has 0 N–H and O–H groups in total. The molecule has 2 aromatic rings. The van der Waals surface area contributed by atoms with Gasteiger partial charge in [-0.1, -0.05) is 73.5 Å². The summed E-state index contributed by atoms with van der Waals surface area (Å²) in [6.07, 6.45) is 2.42. The van der Waals surface area contributed by atoms with Crippen molar-refractivity contribution in [2.75, 3.05) is 7.11 Å². The molecular formula is C17H19BO. The van der Waals surface area contributed by atoms with Crippen LogP contribution >= 0.6 is 0 Å². The lowest BCUT2D eigenvalue weighted by molar-refractivity contribution is 0.408. The molecule has 96 valence electrons. The molecule has 1 fully saturated rings. The van der Waals surface area contributed by atoms with Crippen LogP contribution in [-0.2, 0) is 4.65 Å². The van der Waals surface area contributed by atoms with E-state index in [1.165, 1.54) is 24.0 Å². The van der Waals surface area contributed by atoms with Gasteiger partial charge < -0.3 is 4.65 Å². The van der Waals surface area contributed by atoms with Crippen molar-refractivity contribution in [3.63, 3.8) is 0 Å². The molecule has 19 heavy (non-hydrogen) atoms. The van der Waals surface area contributed by atoms with Gasteiger partial charge >= 0.3 is 6.92 Å². The Morgan fingerprint density at radius 1 is 0.789 bits per heavy atom. The Hall–Kier alpha value is -1.54. The maximum atomic E-state index is 5.85. The average molecular weight is 250 g/mol. The minimum absolute atomic E-state index is 0.296. The maximum absolute atomic E-state index is 5.85. The lowest BCUT2D eigenvalue weighted by Gasteiger charge is -2.20. The monoisotopic (exact) mass is 250 g/mol.